The SMILES string of the molecule is Brc1cc2c(cc1-c1ccccc1)N(c1ccccc1)c1ccccc1N2c1ccccc1. The average molecular weight is 489 g/mol. The lowest BCUT2D eigenvalue weighted by Crippen LogP contribution is -2.24. The molecule has 0 unspecified atom stereocenters. The van der Waals surface area contributed by atoms with Crippen LogP contribution in [0.2, 0.25) is 0 Å². The minimum Gasteiger partial charge on any atom is -0.306 e. The van der Waals surface area contributed by atoms with Gasteiger partial charge in [-0.2, -0.15) is 0 Å². The minimum absolute atomic E-state index is 1.07. The number of hydrogen-bond donors (Lipinski definition) is 0. The molecule has 0 N–H and O–H groups in total. The molecule has 0 aliphatic carbocycles. The van der Waals surface area contributed by atoms with E-state index in [0.717, 1.165) is 38.6 Å². The van der Waals surface area contributed by atoms with Gasteiger partial charge in [0.1, 0.15) is 0 Å². The number of halogens is 1. The molecule has 0 saturated carbocycles. The number of hydrogen-bond acceptors (Lipinski definition) is 2. The van der Waals surface area contributed by atoms with Gasteiger partial charge in [0.25, 0.3) is 0 Å². The molecule has 0 atom stereocenters. The molecule has 1 heterocycles. The van der Waals surface area contributed by atoms with Crippen molar-refractivity contribution in [3.8, 4) is 11.1 Å². The van der Waals surface area contributed by atoms with Gasteiger partial charge in [-0.25, -0.2) is 0 Å². The van der Waals surface area contributed by atoms with Crippen LogP contribution in [0.25, 0.3) is 11.1 Å². The van der Waals surface area contributed by atoms with E-state index in [2.05, 4.69) is 153 Å². The van der Waals surface area contributed by atoms with E-state index in [4.69, 9.17) is 0 Å². The van der Waals surface area contributed by atoms with Crippen molar-refractivity contribution in [1.82, 2.24) is 0 Å². The maximum absolute atomic E-state index is 3.88. The van der Waals surface area contributed by atoms with E-state index in [1.807, 2.05) is 0 Å². The summed E-state index contributed by atoms with van der Waals surface area (Å²) in [6.45, 7) is 0. The molecular formula is C30H21BrN2. The van der Waals surface area contributed by atoms with Crippen molar-refractivity contribution < 1.29 is 0 Å². The van der Waals surface area contributed by atoms with Crippen molar-refractivity contribution >= 4 is 50.1 Å². The number of fused-ring (bicyclic) bond motifs is 2. The fourth-order valence-electron chi connectivity index (χ4n) is 4.56. The summed E-state index contributed by atoms with van der Waals surface area (Å²) in [7, 11) is 0. The zero-order chi connectivity index (χ0) is 22.2. The van der Waals surface area contributed by atoms with Gasteiger partial charge in [-0.15, -0.1) is 0 Å². The van der Waals surface area contributed by atoms with Gasteiger partial charge in [0.15, 0.2) is 0 Å². The Morgan fingerprint density at radius 1 is 0.424 bits per heavy atom. The van der Waals surface area contributed by atoms with E-state index in [1.54, 1.807) is 0 Å². The Balaban J connectivity index is 1.67. The summed E-state index contributed by atoms with van der Waals surface area (Å²) in [5.74, 6) is 0. The highest BCUT2D eigenvalue weighted by Gasteiger charge is 2.31. The van der Waals surface area contributed by atoms with Crippen LogP contribution in [0.3, 0.4) is 0 Å². The Morgan fingerprint density at radius 2 is 0.848 bits per heavy atom. The fraction of sp³-hybridized carbons (Fsp3) is 0. The van der Waals surface area contributed by atoms with Crippen molar-refractivity contribution in [2.45, 2.75) is 0 Å². The van der Waals surface area contributed by atoms with Crippen molar-refractivity contribution in [3.63, 3.8) is 0 Å². The zero-order valence-corrected chi connectivity index (χ0v) is 19.5. The molecule has 1 aliphatic rings. The molecule has 5 aromatic carbocycles. The fourth-order valence-corrected chi connectivity index (χ4v) is 5.12. The van der Waals surface area contributed by atoms with Crippen LogP contribution in [-0.4, -0.2) is 0 Å². The van der Waals surface area contributed by atoms with Gasteiger partial charge in [0, 0.05) is 15.8 Å². The summed E-state index contributed by atoms with van der Waals surface area (Å²) in [5, 5.41) is 0. The van der Waals surface area contributed by atoms with Crippen molar-refractivity contribution in [1.29, 1.82) is 0 Å². The molecule has 3 heteroatoms. The van der Waals surface area contributed by atoms with Gasteiger partial charge < -0.3 is 9.80 Å². The van der Waals surface area contributed by atoms with E-state index < -0.39 is 0 Å². The monoisotopic (exact) mass is 488 g/mol. The Kier molecular flexibility index (Phi) is 4.97. The highest BCUT2D eigenvalue weighted by molar-refractivity contribution is 9.10. The van der Waals surface area contributed by atoms with Crippen LogP contribution in [0.5, 0.6) is 0 Å². The van der Waals surface area contributed by atoms with Crippen LogP contribution >= 0.6 is 15.9 Å². The third-order valence-electron chi connectivity index (χ3n) is 6.02. The highest BCUT2D eigenvalue weighted by atomic mass is 79.9. The lowest BCUT2D eigenvalue weighted by atomic mass is 9.99. The van der Waals surface area contributed by atoms with Crippen LogP contribution in [0.15, 0.2) is 132 Å². The number of nitrogens with zero attached hydrogens (tertiary/aromatic N) is 2. The van der Waals surface area contributed by atoms with E-state index >= 15 is 0 Å². The summed E-state index contributed by atoms with van der Waals surface area (Å²) in [4.78, 5) is 4.71. The molecule has 0 amide bonds. The Labute approximate surface area is 202 Å². The predicted molar refractivity (Wildman–Crippen MR) is 143 cm³/mol. The third-order valence-corrected chi connectivity index (χ3v) is 6.68. The normalized spacial score (nSPS) is 12.3. The Morgan fingerprint density at radius 3 is 1.36 bits per heavy atom. The van der Waals surface area contributed by atoms with Crippen molar-refractivity contribution in [2.24, 2.45) is 0 Å². The van der Waals surface area contributed by atoms with Gasteiger partial charge >= 0.3 is 0 Å². The standard InChI is InChI=1S/C30H21BrN2/c31-26-21-30-29(20-25(26)22-12-4-1-5-13-22)32(23-14-6-2-7-15-23)27-18-10-11-19-28(27)33(30)24-16-8-3-9-17-24/h1-21H. The maximum Gasteiger partial charge on any atom is 0.0715 e. The second-order valence-electron chi connectivity index (χ2n) is 8.02. The smallest absolute Gasteiger partial charge is 0.0715 e. The molecule has 2 nitrogen and oxygen atoms in total. The topological polar surface area (TPSA) is 6.48 Å². The van der Waals surface area contributed by atoms with Crippen molar-refractivity contribution in [2.75, 3.05) is 9.80 Å². The predicted octanol–water partition coefficient (Wildman–Crippen LogP) is 9.37. The van der Waals surface area contributed by atoms with E-state index in [0.29, 0.717) is 0 Å². The molecule has 0 fully saturated rings. The van der Waals surface area contributed by atoms with Gasteiger partial charge in [-0.1, -0.05) is 94.8 Å². The van der Waals surface area contributed by atoms with Gasteiger partial charge in [-0.3, -0.25) is 0 Å². The van der Waals surface area contributed by atoms with Crippen LogP contribution < -0.4 is 9.80 Å². The van der Waals surface area contributed by atoms with E-state index in [9.17, 15) is 0 Å². The molecule has 1 aliphatic heterocycles. The summed E-state index contributed by atoms with van der Waals surface area (Å²) >= 11 is 3.88. The van der Waals surface area contributed by atoms with Crippen LogP contribution in [-0.2, 0) is 0 Å². The average Bonchev–Trinajstić information content (AvgIpc) is 2.88. The summed E-state index contributed by atoms with van der Waals surface area (Å²) in [6.07, 6.45) is 0. The van der Waals surface area contributed by atoms with E-state index in [1.165, 1.54) is 11.1 Å². The molecule has 33 heavy (non-hydrogen) atoms. The van der Waals surface area contributed by atoms with Crippen LogP contribution in [0.1, 0.15) is 0 Å². The van der Waals surface area contributed by atoms with Crippen LogP contribution in [0.4, 0.5) is 34.1 Å². The molecule has 158 valence electrons. The van der Waals surface area contributed by atoms with Gasteiger partial charge in [-0.05, 0) is 59.7 Å². The number of para-hydroxylation sites is 4. The first kappa shape index (κ1) is 19.8. The Hall–Kier alpha value is -3.82. The first-order valence-electron chi connectivity index (χ1n) is 11.0. The summed E-state index contributed by atoms with van der Waals surface area (Å²) in [5.41, 5.74) is 9.22. The molecule has 0 radical (unpaired) electrons. The maximum atomic E-state index is 3.88. The Bertz CT molecular complexity index is 1420. The quantitative estimate of drug-likeness (QED) is 0.244. The molecule has 5 aromatic rings. The van der Waals surface area contributed by atoms with Gasteiger partial charge in [0.2, 0.25) is 0 Å². The summed E-state index contributed by atoms with van der Waals surface area (Å²) in [6, 6.07) is 44.9. The van der Waals surface area contributed by atoms with Gasteiger partial charge in [0.05, 0.1) is 22.7 Å². The minimum atomic E-state index is 1.07. The molecule has 0 saturated heterocycles. The highest BCUT2D eigenvalue weighted by Crippen LogP contribution is 2.55. The zero-order valence-electron chi connectivity index (χ0n) is 17.9. The molecule has 0 spiro atoms. The lowest BCUT2D eigenvalue weighted by molar-refractivity contribution is 1.17. The second-order valence-corrected chi connectivity index (χ2v) is 8.87. The number of benzene rings is 5. The van der Waals surface area contributed by atoms with Crippen molar-refractivity contribution in [3.05, 3.63) is 132 Å². The lowest BCUT2D eigenvalue weighted by Gasteiger charge is -2.40. The molecular weight excluding hydrogens is 468 g/mol. The molecule has 0 aromatic heterocycles. The second kappa shape index (κ2) is 8.27. The molecule has 0 bridgehead atoms. The van der Waals surface area contributed by atoms with Crippen LogP contribution in [0, 0.1) is 0 Å². The summed E-state index contributed by atoms with van der Waals surface area (Å²) < 4.78 is 1.07. The molecule has 6 rings (SSSR count). The number of rotatable bonds is 3. The van der Waals surface area contributed by atoms with E-state index in [-0.39, 0.29) is 0 Å². The number of anilines is 6. The third kappa shape index (κ3) is 3.42. The first-order valence-corrected chi connectivity index (χ1v) is 11.8. The first-order chi connectivity index (χ1) is 16.3. The largest absolute Gasteiger partial charge is 0.306 e.